The van der Waals surface area contributed by atoms with Crippen LogP contribution in [0, 0.1) is 23.2 Å². The van der Waals surface area contributed by atoms with Gasteiger partial charge in [-0.2, -0.15) is 0 Å². The smallest absolute Gasteiger partial charge is 0.106 e. The predicted octanol–water partition coefficient (Wildman–Crippen LogP) is -1.11. The highest BCUT2D eigenvalue weighted by atomic mass is 14.6. The first-order valence-electron chi connectivity index (χ1n) is 2.79. The Hall–Kier alpha value is -1.45. The molecule has 0 saturated carbocycles. The zero-order valence-electron chi connectivity index (χ0n) is 5.58. The van der Waals surface area contributed by atoms with Gasteiger partial charge in [0.25, 0.3) is 0 Å². The highest BCUT2D eigenvalue weighted by molar-refractivity contribution is 5.45. The first-order chi connectivity index (χ1) is 4.55. The van der Waals surface area contributed by atoms with E-state index >= 15 is 0 Å². The maximum atomic E-state index is 7.22. The molecule has 4 nitrogen and oxygen atoms in total. The normalized spacial score (nSPS) is 10.1. The summed E-state index contributed by atoms with van der Waals surface area (Å²) in [7, 11) is 0. The molecule has 10 heavy (non-hydrogen) atoms. The van der Waals surface area contributed by atoms with Crippen molar-refractivity contribution in [3.63, 3.8) is 0 Å². The Bertz CT molecular complexity index is 358. The average molecular weight is 136 g/mol. The number of rotatable bonds is 0. The van der Waals surface area contributed by atoms with E-state index in [0.29, 0.717) is 5.56 Å². The summed E-state index contributed by atoms with van der Waals surface area (Å²) < 4.78 is 0. The maximum Gasteiger partial charge on any atom is 0.106 e. The molecule has 52 valence electrons. The van der Waals surface area contributed by atoms with Crippen molar-refractivity contribution in [3.8, 4) is 0 Å². The largest absolute Gasteiger partial charge is 0.397 e. The first kappa shape index (κ1) is 6.67. The summed E-state index contributed by atoms with van der Waals surface area (Å²) in [5, 5.41) is 21.5. The van der Waals surface area contributed by atoms with Crippen molar-refractivity contribution in [2.45, 2.75) is 6.92 Å². The van der Waals surface area contributed by atoms with Crippen LogP contribution in [0.4, 0.5) is 5.69 Å². The Morgan fingerprint density at radius 1 is 1.00 bits per heavy atom. The van der Waals surface area contributed by atoms with Crippen molar-refractivity contribution in [3.05, 3.63) is 21.6 Å². The molecular formula is C6H8N4. The SMILES string of the molecule is Cc1c(N)c(=N)c(=N)c1=N. The summed E-state index contributed by atoms with van der Waals surface area (Å²) in [6, 6.07) is 0. The van der Waals surface area contributed by atoms with Crippen molar-refractivity contribution in [1.29, 1.82) is 16.2 Å². The highest BCUT2D eigenvalue weighted by Gasteiger charge is 2.03. The third-order valence-corrected chi connectivity index (χ3v) is 1.55. The molecule has 0 spiro atoms. The summed E-state index contributed by atoms with van der Waals surface area (Å²) in [5.74, 6) is 0. The molecule has 0 aliphatic heterocycles. The zero-order valence-corrected chi connectivity index (χ0v) is 5.58. The molecule has 0 bridgehead atoms. The van der Waals surface area contributed by atoms with Crippen molar-refractivity contribution in [1.82, 2.24) is 0 Å². The second-order valence-corrected chi connectivity index (χ2v) is 2.16. The van der Waals surface area contributed by atoms with Gasteiger partial charge in [-0.25, -0.2) is 0 Å². The standard InChI is InChI=1S/C6H8N4/c1-2-3(7)5(9)6(10)4(2)8/h7,9-10H,8H2,1H3. The Morgan fingerprint density at radius 2 is 1.50 bits per heavy atom. The lowest BCUT2D eigenvalue weighted by Gasteiger charge is -1.83. The topological polar surface area (TPSA) is 97.6 Å². The van der Waals surface area contributed by atoms with Crippen LogP contribution in [0.2, 0.25) is 0 Å². The van der Waals surface area contributed by atoms with E-state index in [1.54, 1.807) is 6.92 Å². The fraction of sp³-hybridized carbons (Fsp3) is 0.167. The molecule has 1 aromatic carbocycles. The van der Waals surface area contributed by atoms with Crippen LogP contribution < -0.4 is 21.8 Å². The summed E-state index contributed by atoms with van der Waals surface area (Å²) in [6.45, 7) is 1.65. The number of anilines is 1. The summed E-state index contributed by atoms with van der Waals surface area (Å²) in [6.07, 6.45) is 0. The fourth-order valence-corrected chi connectivity index (χ4v) is 0.769. The molecule has 0 aliphatic rings. The molecule has 1 aromatic rings. The molecule has 4 heteroatoms. The molecular weight excluding hydrogens is 128 g/mol. The molecule has 0 radical (unpaired) electrons. The van der Waals surface area contributed by atoms with Crippen LogP contribution in [0.1, 0.15) is 5.56 Å². The lowest BCUT2D eigenvalue weighted by atomic mass is 10.3. The monoisotopic (exact) mass is 136 g/mol. The third-order valence-electron chi connectivity index (χ3n) is 1.55. The minimum absolute atomic E-state index is 0.0255. The molecule has 0 unspecified atom stereocenters. The van der Waals surface area contributed by atoms with E-state index in [-0.39, 0.29) is 21.8 Å². The lowest BCUT2D eigenvalue weighted by molar-refractivity contribution is 1.10. The highest BCUT2D eigenvalue weighted by Crippen LogP contribution is 1.91. The van der Waals surface area contributed by atoms with Gasteiger partial charge >= 0.3 is 0 Å². The van der Waals surface area contributed by atoms with Gasteiger partial charge in [0, 0.05) is 5.56 Å². The van der Waals surface area contributed by atoms with Crippen molar-refractivity contribution >= 4 is 5.69 Å². The Labute approximate surface area is 57.2 Å². The van der Waals surface area contributed by atoms with Crippen LogP contribution in [0.5, 0.6) is 0 Å². The van der Waals surface area contributed by atoms with Crippen LogP contribution in [0.15, 0.2) is 0 Å². The Morgan fingerprint density at radius 3 is 1.60 bits per heavy atom. The van der Waals surface area contributed by atoms with Crippen molar-refractivity contribution < 1.29 is 0 Å². The molecule has 0 heterocycles. The summed E-state index contributed by atoms with van der Waals surface area (Å²) in [4.78, 5) is 0. The van der Waals surface area contributed by atoms with E-state index in [1.807, 2.05) is 0 Å². The van der Waals surface area contributed by atoms with E-state index < -0.39 is 0 Å². The fourth-order valence-electron chi connectivity index (χ4n) is 0.769. The van der Waals surface area contributed by atoms with Gasteiger partial charge in [-0.15, -0.1) is 0 Å². The van der Waals surface area contributed by atoms with Crippen LogP contribution in [0.25, 0.3) is 0 Å². The van der Waals surface area contributed by atoms with Gasteiger partial charge in [-0.1, -0.05) is 0 Å². The second-order valence-electron chi connectivity index (χ2n) is 2.16. The molecule has 0 saturated heterocycles. The van der Waals surface area contributed by atoms with Crippen LogP contribution in [-0.4, -0.2) is 0 Å². The number of nitrogens with one attached hydrogen (secondary N) is 3. The third kappa shape index (κ3) is 0.586. The van der Waals surface area contributed by atoms with Crippen molar-refractivity contribution in [2.75, 3.05) is 5.73 Å². The molecule has 0 atom stereocenters. The first-order valence-corrected chi connectivity index (χ1v) is 2.79. The minimum atomic E-state index is -0.0741. The quantitative estimate of drug-likeness (QED) is 0.357. The van der Waals surface area contributed by atoms with Crippen molar-refractivity contribution in [2.24, 2.45) is 0 Å². The van der Waals surface area contributed by atoms with Gasteiger partial charge in [0.15, 0.2) is 0 Å². The Balaban J connectivity index is 3.97. The minimum Gasteiger partial charge on any atom is -0.397 e. The van der Waals surface area contributed by atoms with Crippen LogP contribution >= 0.6 is 0 Å². The molecule has 0 fully saturated rings. The predicted molar refractivity (Wildman–Crippen MR) is 35.5 cm³/mol. The van der Waals surface area contributed by atoms with Crippen LogP contribution in [0.3, 0.4) is 0 Å². The summed E-state index contributed by atoms with van der Waals surface area (Å²) >= 11 is 0. The zero-order chi connectivity index (χ0) is 7.89. The molecule has 0 aliphatic carbocycles. The van der Waals surface area contributed by atoms with E-state index in [2.05, 4.69) is 0 Å². The average Bonchev–Trinajstić information content (AvgIpc) is 2.07. The molecule has 5 N–H and O–H groups in total. The summed E-state index contributed by atoms with van der Waals surface area (Å²) in [5.41, 5.74) is 6.17. The van der Waals surface area contributed by atoms with E-state index in [0.717, 1.165) is 0 Å². The molecule has 0 aromatic heterocycles. The van der Waals surface area contributed by atoms with Gasteiger partial charge in [-0.3, -0.25) is 16.2 Å². The van der Waals surface area contributed by atoms with Gasteiger partial charge < -0.3 is 5.73 Å². The molecule has 0 amide bonds. The van der Waals surface area contributed by atoms with Gasteiger partial charge in [0.1, 0.15) is 10.7 Å². The number of nitrogen functional groups attached to an aromatic ring is 1. The molecule has 1 rings (SSSR count). The van der Waals surface area contributed by atoms with Gasteiger partial charge in [0.05, 0.1) is 11.0 Å². The van der Waals surface area contributed by atoms with Gasteiger partial charge in [-0.05, 0) is 6.92 Å². The maximum absolute atomic E-state index is 7.22. The number of nitrogens with two attached hydrogens (primary N) is 1. The Kier molecular flexibility index (Phi) is 1.18. The van der Waals surface area contributed by atoms with E-state index in [9.17, 15) is 0 Å². The lowest BCUT2D eigenvalue weighted by Crippen LogP contribution is -2.31. The van der Waals surface area contributed by atoms with E-state index in [4.69, 9.17) is 22.0 Å². The second kappa shape index (κ2) is 1.76. The van der Waals surface area contributed by atoms with Gasteiger partial charge in [0.2, 0.25) is 0 Å². The van der Waals surface area contributed by atoms with E-state index in [1.165, 1.54) is 0 Å². The van der Waals surface area contributed by atoms with Crippen LogP contribution in [-0.2, 0) is 0 Å². The number of hydrogen-bond donors (Lipinski definition) is 4. The number of hydrogen-bond acceptors (Lipinski definition) is 4.